The first-order chi connectivity index (χ1) is 7.86. The smallest absolute Gasteiger partial charge is 0.240 e. The van der Waals surface area contributed by atoms with E-state index >= 15 is 0 Å². The standard InChI is InChI=1S/C11H18N2O3S/c1-8-4-5-11(6-9(8)2)17(14,15)13-7-10(3)16-12/h4-6,10,13H,7,12H2,1-3H3. The molecule has 0 fully saturated rings. The number of benzene rings is 1. The minimum absolute atomic E-state index is 0.145. The molecule has 0 amide bonds. The van der Waals surface area contributed by atoms with Gasteiger partial charge in [0.2, 0.25) is 10.0 Å². The number of nitrogens with two attached hydrogens (primary N) is 1. The Bertz CT molecular complexity index is 485. The Kier molecular flexibility index (Phi) is 4.64. The van der Waals surface area contributed by atoms with Crippen LogP contribution in [0.15, 0.2) is 23.1 Å². The van der Waals surface area contributed by atoms with Gasteiger partial charge in [0, 0.05) is 6.54 Å². The van der Waals surface area contributed by atoms with Gasteiger partial charge in [-0.25, -0.2) is 19.0 Å². The van der Waals surface area contributed by atoms with Gasteiger partial charge in [0.25, 0.3) is 0 Å². The number of hydrogen-bond donors (Lipinski definition) is 2. The van der Waals surface area contributed by atoms with Crippen LogP contribution in [-0.2, 0) is 14.9 Å². The van der Waals surface area contributed by atoms with E-state index in [1.54, 1.807) is 25.1 Å². The van der Waals surface area contributed by atoms with Crippen LogP contribution in [0.25, 0.3) is 0 Å². The highest BCUT2D eigenvalue weighted by Crippen LogP contribution is 2.14. The fourth-order valence-corrected chi connectivity index (χ4v) is 2.44. The molecule has 3 N–H and O–H groups in total. The van der Waals surface area contributed by atoms with Crippen LogP contribution < -0.4 is 10.6 Å². The van der Waals surface area contributed by atoms with Gasteiger partial charge in [-0.15, -0.1) is 0 Å². The SMILES string of the molecule is Cc1ccc(S(=O)(=O)NCC(C)ON)cc1C. The van der Waals surface area contributed by atoms with Crippen molar-refractivity contribution < 1.29 is 13.3 Å². The van der Waals surface area contributed by atoms with Crippen molar-refractivity contribution in [1.29, 1.82) is 0 Å². The average molecular weight is 258 g/mol. The molecule has 1 rings (SSSR count). The van der Waals surface area contributed by atoms with Crippen molar-refractivity contribution in [3.8, 4) is 0 Å². The summed E-state index contributed by atoms with van der Waals surface area (Å²) >= 11 is 0. The highest BCUT2D eigenvalue weighted by Gasteiger charge is 2.15. The van der Waals surface area contributed by atoms with Crippen molar-refractivity contribution in [1.82, 2.24) is 4.72 Å². The highest BCUT2D eigenvalue weighted by atomic mass is 32.2. The van der Waals surface area contributed by atoms with Gasteiger partial charge in [0.1, 0.15) is 0 Å². The van der Waals surface area contributed by atoms with Crippen LogP contribution in [0, 0.1) is 13.8 Å². The lowest BCUT2D eigenvalue weighted by Crippen LogP contribution is -2.33. The molecular weight excluding hydrogens is 240 g/mol. The number of sulfonamides is 1. The Balaban J connectivity index is 2.86. The highest BCUT2D eigenvalue weighted by molar-refractivity contribution is 7.89. The molecule has 1 aromatic rings. The third-order valence-corrected chi connectivity index (χ3v) is 4.00. The summed E-state index contributed by atoms with van der Waals surface area (Å²) in [5, 5.41) is 0. The van der Waals surface area contributed by atoms with Crippen molar-refractivity contribution in [2.75, 3.05) is 6.54 Å². The first kappa shape index (κ1) is 14.1. The van der Waals surface area contributed by atoms with Crippen LogP contribution in [0.2, 0.25) is 0 Å². The van der Waals surface area contributed by atoms with Crippen LogP contribution in [0.5, 0.6) is 0 Å². The summed E-state index contributed by atoms with van der Waals surface area (Å²) < 4.78 is 26.3. The third kappa shape index (κ3) is 3.78. The molecule has 0 bridgehead atoms. The van der Waals surface area contributed by atoms with E-state index in [4.69, 9.17) is 5.90 Å². The maximum atomic E-state index is 11.9. The molecule has 0 heterocycles. The minimum Gasteiger partial charge on any atom is -0.300 e. The van der Waals surface area contributed by atoms with Crippen LogP contribution in [0.3, 0.4) is 0 Å². The van der Waals surface area contributed by atoms with Crippen LogP contribution in [0.1, 0.15) is 18.1 Å². The van der Waals surface area contributed by atoms with Crippen molar-refractivity contribution in [2.45, 2.75) is 31.8 Å². The summed E-state index contributed by atoms with van der Waals surface area (Å²) in [5.74, 6) is 4.95. The number of nitrogens with one attached hydrogen (secondary N) is 1. The summed E-state index contributed by atoms with van der Waals surface area (Å²) in [6.07, 6.45) is -0.365. The largest absolute Gasteiger partial charge is 0.300 e. The maximum Gasteiger partial charge on any atom is 0.240 e. The summed E-state index contributed by atoms with van der Waals surface area (Å²) in [6, 6.07) is 5.01. The van der Waals surface area contributed by atoms with Crippen LogP contribution >= 0.6 is 0 Å². The molecule has 0 aliphatic carbocycles. The lowest BCUT2D eigenvalue weighted by atomic mass is 10.1. The Hall–Kier alpha value is -0.950. The monoisotopic (exact) mass is 258 g/mol. The van der Waals surface area contributed by atoms with Gasteiger partial charge in [-0.2, -0.15) is 0 Å². The normalized spacial score (nSPS) is 13.6. The fraction of sp³-hybridized carbons (Fsp3) is 0.455. The van der Waals surface area contributed by atoms with E-state index in [1.165, 1.54) is 0 Å². The first-order valence-corrected chi connectivity index (χ1v) is 6.77. The lowest BCUT2D eigenvalue weighted by molar-refractivity contribution is 0.0702. The number of aryl methyl sites for hydroxylation is 2. The Morgan fingerprint density at radius 3 is 2.53 bits per heavy atom. The van der Waals surface area contributed by atoms with E-state index in [-0.39, 0.29) is 17.5 Å². The molecule has 6 heteroatoms. The number of hydrogen-bond acceptors (Lipinski definition) is 4. The Morgan fingerprint density at radius 1 is 1.35 bits per heavy atom. The molecule has 1 unspecified atom stereocenters. The van der Waals surface area contributed by atoms with Gasteiger partial charge in [-0.1, -0.05) is 6.07 Å². The lowest BCUT2D eigenvalue weighted by Gasteiger charge is -2.11. The molecular formula is C11H18N2O3S. The molecule has 5 nitrogen and oxygen atoms in total. The maximum absolute atomic E-state index is 11.9. The summed E-state index contributed by atoms with van der Waals surface area (Å²) in [5.41, 5.74) is 2.00. The quantitative estimate of drug-likeness (QED) is 0.768. The molecule has 1 atom stereocenters. The van der Waals surface area contributed by atoms with Gasteiger partial charge in [-0.05, 0) is 44.0 Å². The Morgan fingerprint density at radius 2 is 2.00 bits per heavy atom. The second kappa shape index (κ2) is 5.59. The molecule has 1 aromatic carbocycles. The topological polar surface area (TPSA) is 81.4 Å². The number of rotatable bonds is 5. The molecule has 0 aromatic heterocycles. The van der Waals surface area contributed by atoms with Crippen molar-refractivity contribution >= 4 is 10.0 Å². The van der Waals surface area contributed by atoms with Crippen molar-refractivity contribution in [2.24, 2.45) is 5.90 Å². The van der Waals surface area contributed by atoms with Gasteiger partial charge in [0.15, 0.2) is 0 Å². The van der Waals surface area contributed by atoms with Crippen LogP contribution in [-0.4, -0.2) is 21.1 Å². The zero-order valence-corrected chi connectivity index (χ0v) is 11.0. The van der Waals surface area contributed by atoms with E-state index in [2.05, 4.69) is 9.56 Å². The zero-order chi connectivity index (χ0) is 13.1. The molecule has 96 valence electrons. The zero-order valence-electron chi connectivity index (χ0n) is 10.2. The first-order valence-electron chi connectivity index (χ1n) is 5.29. The summed E-state index contributed by atoms with van der Waals surface area (Å²) in [4.78, 5) is 4.75. The molecule has 17 heavy (non-hydrogen) atoms. The third-order valence-electron chi connectivity index (χ3n) is 2.58. The van der Waals surface area contributed by atoms with Gasteiger partial charge < -0.3 is 4.84 Å². The molecule has 0 aliphatic heterocycles. The molecule has 0 saturated carbocycles. The van der Waals surface area contributed by atoms with Crippen LogP contribution in [0.4, 0.5) is 0 Å². The second-order valence-electron chi connectivity index (χ2n) is 4.04. The van der Waals surface area contributed by atoms with Gasteiger partial charge >= 0.3 is 0 Å². The summed E-state index contributed by atoms with van der Waals surface area (Å²) in [7, 11) is -3.49. The molecule has 0 aliphatic rings. The van der Waals surface area contributed by atoms with E-state index in [0.29, 0.717) is 0 Å². The Labute approximate surface area is 102 Å². The predicted octanol–water partition coefficient (Wildman–Crippen LogP) is 0.861. The fourth-order valence-electron chi connectivity index (χ4n) is 1.24. The van der Waals surface area contributed by atoms with Crippen molar-refractivity contribution in [3.63, 3.8) is 0 Å². The van der Waals surface area contributed by atoms with E-state index in [1.807, 2.05) is 13.8 Å². The minimum atomic E-state index is -3.49. The van der Waals surface area contributed by atoms with E-state index < -0.39 is 10.0 Å². The molecule has 0 saturated heterocycles. The predicted molar refractivity (Wildman–Crippen MR) is 65.8 cm³/mol. The second-order valence-corrected chi connectivity index (χ2v) is 5.81. The van der Waals surface area contributed by atoms with Gasteiger partial charge in [0.05, 0.1) is 11.0 Å². The average Bonchev–Trinajstić information content (AvgIpc) is 2.29. The van der Waals surface area contributed by atoms with E-state index in [9.17, 15) is 8.42 Å². The van der Waals surface area contributed by atoms with Crippen molar-refractivity contribution in [3.05, 3.63) is 29.3 Å². The van der Waals surface area contributed by atoms with E-state index in [0.717, 1.165) is 11.1 Å². The summed E-state index contributed by atoms with van der Waals surface area (Å²) in [6.45, 7) is 5.64. The molecule has 0 spiro atoms. The molecule has 0 radical (unpaired) electrons. The van der Waals surface area contributed by atoms with Gasteiger partial charge in [-0.3, -0.25) is 0 Å².